The topological polar surface area (TPSA) is 220 Å². The average molecular weight is 936 g/mol. The molecule has 0 heterocycles. The van der Waals surface area contributed by atoms with Crippen LogP contribution in [0.5, 0.6) is 0 Å². The van der Waals surface area contributed by atoms with Crippen LogP contribution in [0.15, 0.2) is 30.3 Å². The SMILES string of the molecule is CC(C)(C)OC(=O)CCCCCC(=O)CCOCC(COCCC(=O)CCCCCC(=O)OC(C)(C)C)(COCCC(=O)NCCCNC(=O)OC(C)(C)C)NC(=O)OCc1ccccc1. The van der Waals surface area contributed by atoms with Gasteiger partial charge >= 0.3 is 24.1 Å². The van der Waals surface area contributed by atoms with E-state index in [-0.39, 0.29) is 108 Å². The first-order chi connectivity index (χ1) is 31.0. The Morgan fingerprint density at radius 1 is 0.470 bits per heavy atom. The minimum atomic E-state index is -1.35. The Morgan fingerprint density at radius 3 is 1.38 bits per heavy atom. The Morgan fingerprint density at radius 2 is 0.909 bits per heavy atom. The summed E-state index contributed by atoms with van der Waals surface area (Å²) in [7, 11) is 0. The van der Waals surface area contributed by atoms with E-state index < -0.39 is 34.5 Å². The van der Waals surface area contributed by atoms with E-state index >= 15 is 0 Å². The Bertz CT molecular complexity index is 1460. The number of carbonyl (C=O) groups excluding carboxylic acids is 7. The van der Waals surface area contributed by atoms with Crippen LogP contribution in [0.4, 0.5) is 9.59 Å². The van der Waals surface area contributed by atoms with Gasteiger partial charge in [-0.05, 0) is 100.0 Å². The third kappa shape index (κ3) is 34.7. The maximum atomic E-state index is 13.3. The molecule has 0 fully saturated rings. The summed E-state index contributed by atoms with van der Waals surface area (Å²) in [5.74, 6) is -0.855. The Labute approximate surface area is 393 Å². The van der Waals surface area contributed by atoms with Crippen LogP contribution in [-0.4, -0.2) is 117 Å². The van der Waals surface area contributed by atoms with Crippen molar-refractivity contribution in [3.8, 4) is 0 Å². The molecule has 1 aromatic rings. The lowest BCUT2D eigenvalue weighted by atomic mass is 10.0. The van der Waals surface area contributed by atoms with Gasteiger partial charge in [0.25, 0.3) is 0 Å². The molecule has 0 spiro atoms. The summed E-state index contributed by atoms with van der Waals surface area (Å²) in [6.07, 6.45) is 4.43. The summed E-state index contributed by atoms with van der Waals surface area (Å²) in [4.78, 5) is 87.4. The average Bonchev–Trinajstić information content (AvgIpc) is 3.20. The summed E-state index contributed by atoms with van der Waals surface area (Å²) in [5, 5.41) is 8.28. The third-order valence-corrected chi connectivity index (χ3v) is 9.10. The largest absolute Gasteiger partial charge is 0.460 e. The number of ketones is 2. The summed E-state index contributed by atoms with van der Waals surface area (Å²) in [5.41, 5.74) is -2.30. The molecule has 1 rings (SSSR count). The van der Waals surface area contributed by atoms with Crippen LogP contribution in [0, 0.1) is 0 Å². The Hall–Kier alpha value is -4.61. The first kappa shape index (κ1) is 59.4. The molecule has 0 unspecified atom stereocenters. The summed E-state index contributed by atoms with van der Waals surface area (Å²) in [6, 6.07) is 9.12. The minimum Gasteiger partial charge on any atom is -0.460 e. The van der Waals surface area contributed by atoms with Gasteiger partial charge in [0.15, 0.2) is 0 Å². The van der Waals surface area contributed by atoms with Gasteiger partial charge in [-0.3, -0.25) is 24.0 Å². The van der Waals surface area contributed by atoms with Crippen LogP contribution < -0.4 is 16.0 Å². The van der Waals surface area contributed by atoms with Crippen molar-refractivity contribution in [3.05, 3.63) is 35.9 Å². The van der Waals surface area contributed by atoms with Crippen molar-refractivity contribution < 1.29 is 66.7 Å². The number of carbonyl (C=O) groups is 7. The van der Waals surface area contributed by atoms with Crippen LogP contribution in [0.25, 0.3) is 0 Å². The molecule has 0 radical (unpaired) electrons. The second-order valence-corrected chi connectivity index (χ2v) is 19.4. The molecular weight excluding hydrogens is 855 g/mol. The predicted octanol–water partition coefficient (Wildman–Crippen LogP) is 7.63. The van der Waals surface area contributed by atoms with Crippen LogP contribution in [0.2, 0.25) is 0 Å². The van der Waals surface area contributed by atoms with Crippen LogP contribution >= 0.6 is 0 Å². The van der Waals surface area contributed by atoms with E-state index in [2.05, 4.69) is 16.0 Å². The number of amides is 3. The van der Waals surface area contributed by atoms with Gasteiger partial charge in [-0.1, -0.05) is 43.2 Å². The van der Waals surface area contributed by atoms with Crippen molar-refractivity contribution in [3.63, 3.8) is 0 Å². The molecule has 0 saturated carbocycles. The summed E-state index contributed by atoms with van der Waals surface area (Å²) < 4.78 is 39.4. The zero-order valence-electron chi connectivity index (χ0n) is 41.4. The molecule has 0 bridgehead atoms. The smallest absolute Gasteiger partial charge is 0.408 e. The van der Waals surface area contributed by atoms with Gasteiger partial charge in [0.1, 0.15) is 40.5 Å². The number of unbranched alkanes of at least 4 members (excludes halogenated alkanes) is 4. The standard InChI is InChI=1S/C49H81N3O14/c1-46(2,3)64-42(56)24-17-11-15-22-39(53)26-31-60-35-49(52-45(59)63-34-38-20-13-10-14-21-38,36-61-32-27-40(54)23-16-12-18-25-43(57)65-47(4,5)6)37-62-33-28-41(55)50-29-19-30-51-44(58)66-48(7,8)9/h10,13-14,20-21H,11-12,15-19,22-37H2,1-9H3,(H,50,55)(H,51,58)(H,52,59). The highest BCUT2D eigenvalue weighted by molar-refractivity contribution is 5.79. The van der Waals surface area contributed by atoms with E-state index in [4.69, 9.17) is 33.2 Å². The fourth-order valence-electron chi connectivity index (χ4n) is 6.03. The van der Waals surface area contributed by atoms with E-state index in [1.165, 1.54) is 0 Å². The number of esters is 2. The van der Waals surface area contributed by atoms with Gasteiger partial charge in [0, 0.05) is 58.0 Å². The van der Waals surface area contributed by atoms with E-state index in [9.17, 15) is 33.6 Å². The zero-order valence-corrected chi connectivity index (χ0v) is 41.4. The molecule has 0 atom stereocenters. The molecule has 1 aromatic carbocycles. The molecule has 17 heteroatoms. The number of hydrogen-bond acceptors (Lipinski definition) is 14. The number of Topliss-reactive ketones (excluding diaryl/α,β-unsaturated/α-hetero) is 2. The van der Waals surface area contributed by atoms with Crippen molar-refractivity contribution in [2.24, 2.45) is 0 Å². The summed E-state index contributed by atoms with van der Waals surface area (Å²) in [6.45, 7) is 16.4. The quantitative estimate of drug-likeness (QED) is 0.0344. The van der Waals surface area contributed by atoms with Gasteiger partial charge in [-0.2, -0.15) is 0 Å². The second-order valence-electron chi connectivity index (χ2n) is 19.4. The van der Waals surface area contributed by atoms with Gasteiger partial charge in [0.2, 0.25) is 5.91 Å². The van der Waals surface area contributed by atoms with Crippen molar-refractivity contribution >= 4 is 41.6 Å². The van der Waals surface area contributed by atoms with Crippen LogP contribution in [0.1, 0.15) is 158 Å². The molecule has 376 valence electrons. The highest BCUT2D eigenvalue weighted by atomic mass is 16.6. The van der Waals surface area contributed by atoms with Crippen LogP contribution in [0.3, 0.4) is 0 Å². The normalized spacial score (nSPS) is 11.9. The zero-order chi connectivity index (χ0) is 49.5. The van der Waals surface area contributed by atoms with E-state index in [1.807, 2.05) is 71.9 Å². The van der Waals surface area contributed by atoms with Gasteiger partial charge in [-0.25, -0.2) is 9.59 Å². The van der Waals surface area contributed by atoms with Gasteiger partial charge in [-0.15, -0.1) is 0 Å². The molecule has 17 nitrogen and oxygen atoms in total. The third-order valence-electron chi connectivity index (χ3n) is 9.10. The highest BCUT2D eigenvalue weighted by Crippen LogP contribution is 2.16. The number of ether oxygens (including phenoxy) is 7. The van der Waals surface area contributed by atoms with Crippen molar-refractivity contribution in [1.29, 1.82) is 0 Å². The molecule has 0 saturated heterocycles. The lowest BCUT2D eigenvalue weighted by Crippen LogP contribution is -2.58. The number of rotatable bonds is 34. The molecule has 0 aliphatic heterocycles. The maximum absolute atomic E-state index is 13.3. The molecule has 0 aromatic heterocycles. The monoisotopic (exact) mass is 936 g/mol. The van der Waals surface area contributed by atoms with Crippen LogP contribution in [-0.2, 0) is 63.7 Å². The number of alkyl carbamates (subject to hydrolysis) is 2. The number of nitrogens with one attached hydrogen (secondary N) is 3. The fraction of sp³-hybridized carbons (Fsp3) is 0.735. The van der Waals surface area contributed by atoms with E-state index in [1.54, 1.807) is 20.8 Å². The highest BCUT2D eigenvalue weighted by Gasteiger charge is 2.35. The first-order valence-corrected chi connectivity index (χ1v) is 23.4. The van der Waals surface area contributed by atoms with Crippen molar-refractivity contribution in [1.82, 2.24) is 16.0 Å². The second kappa shape index (κ2) is 32.2. The molecular formula is C49H81N3O14. The van der Waals surface area contributed by atoms with Crippen molar-refractivity contribution in [2.75, 3.05) is 52.7 Å². The van der Waals surface area contributed by atoms with E-state index in [0.29, 0.717) is 70.9 Å². The lowest BCUT2D eigenvalue weighted by molar-refractivity contribution is -0.156. The fourth-order valence-corrected chi connectivity index (χ4v) is 6.03. The Balaban J connectivity index is 2.89. The minimum absolute atomic E-state index is 0.00566. The first-order valence-electron chi connectivity index (χ1n) is 23.4. The van der Waals surface area contributed by atoms with Gasteiger partial charge < -0.3 is 49.1 Å². The predicted molar refractivity (Wildman–Crippen MR) is 249 cm³/mol. The molecule has 66 heavy (non-hydrogen) atoms. The molecule has 0 aliphatic rings. The van der Waals surface area contributed by atoms with Gasteiger partial charge in [0.05, 0.1) is 39.6 Å². The molecule has 3 amide bonds. The maximum Gasteiger partial charge on any atom is 0.408 e. The summed E-state index contributed by atoms with van der Waals surface area (Å²) >= 11 is 0. The number of benzene rings is 1. The molecule has 3 N–H and O–H groups in total. The van der Waals surface area contributed by atoms with E-state index in [0.717, 1.165) is 5.56 Å². The Kier molecular flexibility index (Phi) is 28.9. The van der Waals surface area contributed by atoms with Crippen molar-refractivity contribution in [2.45, 2.75) is 181 Å². The number of hydrogen-bond donors (Lipinski definition) is 3. The lowest BCUT2D eigenvalue weighted by Gasteiger charge is -2.33. The molecule has 0 aliphatic carbocycles.